The molecule has 0 bridgehead atoms. The van der Waals surface area contributed by atoms with Crippen LogP contribution in [-0.2, 0) is 14.6 Å². The van der Waals surface area contributed by atoms with Crippen LogP contribution in [0.4, 0.5) is 4.79 Å². The second-order valence-electron chi connectivity index (χ2n) is 5.04. The minimum absolute atomic E-state index is 0.0564. The van der Waals surface area contributed by atoms with Crippen molar-refractivity contribution in [2.45, 2.75) is 31.4 Å². The van der Waals surface area contributed by atoms with Crippen LogP contribution >= 0.6 is 0 Å². The average molecular weight is 262 g/mol. The highest BCUT2D eigenvalue weighted by molar-refractivity contribution is 7.91. The van der Waals surface area contributed by atoms with E-state index in [0.29, 0.717) is 25.9 Å². The number of amides is 1. The number of ether oxygens (including phenoxy) is 1. The van der Waals surface area contributed by atoms with Crippen molar-refractivity contribution in [1.82, 2.24) is 4.90 Å². The summed E-state index contributed by atoms with van der Waals surface area (Å²) in [7, 11) is -2.98. The quantitative estimate of drug-likeness (QED) is 0.756. The number of carbonyl (C=O) groups is 1. The predicted octanol–water partition coefficient (Wildman–Crippen LogP) is -0.267. The Bertz CT molecular complexity index is 422. The molecule has 2 heterocycles. The summed E-state index contributed by atoms with van der Waals surface area (Å²) >= 11 is 0. The summed E-state index contributed by atoms with van der Waals surface area (Å²) in [6, 6.07) is -0.230. The van der Waals surface area contributed by atoms with Crippen molar-refractivity contribution in [2.75, 3.05) is 24.6 Å². The lowest BCUT2D eigenvalue weighted by Gasteiger charge is -2.23. The van der Waals surface area contributed by atoms with Crippen LogP contribution in [0.1, 0.15) is 19.8 Å². The van der Waals surface area contributed by atoms with E-state index in [2.05, 4.69) is 0 Å². The molecule has 1 amide bonds. The molecule has 0 aromatic rings. The lowest BCUT2D eigenvalue weighted by atomic mass is 10.0. The molecule has 0 aromatic carbocycles. The van der Waals surface area contributed by atoms with Gasteiger partial charge in [0.15, 0.2) is 9.84 Å². The Morgan fingerprint density at radius 1 is 1.59 bits per heavy atom. The molecular weight excluding hydrogens is 244 g/mol. The zero-order valence-corrected chi connectivity index (χ0v) is 10.7. The standard InChI is InChI=1S/C10H18N2O4S/c1-10(3-4-11)7-12(9(13)16-10)8-2-5-17(14,15)6-8/h8H,2-7,11H2,1H3. The smallest absolute Gasteiger partial charge is 0.410 e. The first-order valence-corrected chi connectivity index (χ1v) is 7.57. The SMILES string of the molecule is CC1(CCN)CN(C2CCS(=O)(=O)C2)C(=O)O1. The lowest BCUT2D eigenvalue weighted by molar-refractivity contribution is 0.0668. The highest BCUT2D eigenvalue weighted by Gasteiger charge is 2.46. The van der Waals surface area contributed by atoms with Crippen molar-refractivity contribution in [3.8, 4) is 0 Å². The molecule has 2 unspecified atom stereocenters. The topological polar surface area (TPSA) is 89.7 Å². The zero-order chi connectivity index (χ0) is 12.7. The fourth-order valence-electron chi connectivity index (χ4n) is 2.46. The highest BCUT2D eigenvalue weighted by Crippen LogP contribution is 2.30. The highest BCUT2D eigenvalue weighted by atomic mass is 32.2. The summed E-state index contributed by atoms with van der Waals surface area (Å²) in [5.41, 5.74) is 4.90. The zero-order valence-electron chi connectivity index (χ0n) is 9.89. The lowest BCUT2D eigenvalue weighted by Crippen LogP contribution is -2.39. The largest absolute Gasteiger partial charge is 0.441 e. The van der Waals surface area contributed by atoms with E-state index in [0.717, 1.165) is 0 Å². The van der Waals surface area contributed by atoms with Gasteiger partial charge in [-0.2, -0.15) is 0 Å². The molecule has 2 N–H and O–H groups in total. The van der Waals surface area contributed by atoms with E-state index < -0.39 is 21.5 Å². The molecule has 0 aromatic heterocycles. The molecule has 98 valence electrons. The maximum Gasteiger partial charge on any atom is 0.410 e. The average Bonchev–Trinajstić information content (AvgIpc) is 2.68. The van der Waals surface area contributed by atoms with Crippen molar-refractivity contribution < 1.29 is 17.9 Å². The third-order valence-electron chi connectivity index (χ3n) is 3.40. The Labute approximate surface area is 101 Å². The monoisotopic (exact) mass is 262 g/mol. The normalized spacial score (nSPS) is 36.2. The molecule has 0 spiro atoms. The van der Waals surface area contributed by atoms with Crippen LogP contribution in [0.3, 0.4) is 0 Å². The predicted molar refractivity (Wildman–Crippen MR) is 62.3 cm³/mol. The molecule has 6 nitrogen and oxygen atoms in total. The van der Waals surface area contributed by atoms with Crippen LogP contribution in [0, 0.1) is 0 Å². The number of rotatable bonds is 3. The van der Waals surface area contributed by atoms with E-state index in [1.807, 2.05) is 6.92 Å². The molecule has 2 saturated heterocycles. The molecule has 2 fully saturated rings. The van der Waals surface area contributed by atoms with Gasteiger partial charge in [-0.1, -0.05) is 0 Å². The molecule has 2 atom stereocenters. The Kier molecular flexibility index (Phi) is 3.07. The Balaban J connectivity index is 2.07. The molecule has 0 aliphatic carbocycles. The van der Waals surface area contributed by atoms with Gasteiger partial charge in [0, 0.05) is 6.42 Å². The number of hydrogen-bond acceptors (Lipinski definition) is 5. The number of nitrogens with zero attached hydrogens (tertiary/aromatic N) is 1. The molecule has 17 heavy (non-hydrogen) atoms. The first-order valence-electron chi connectivity index (χ1n) is 5.75. The molecule has 0 saturated carbocycles. The summed E-state index contributed by atoms with van der Waals surface area (Å²) in [5.74, 6) is 0.218. The van der Waals surface area contributed by atoms with E-state index >= 15 is 0 Å². The van der Waals surface area contributed by atoms with Gasteiger partial charge in [-0.25, -0.2) is 13.2 Å². The summed E-state index contributed by atoms with van der Waals surface area (Å²) in [6.07, 6.45) is 0.688. The Hall–Kier alpha value is -0.820. The van der Waals surface area contributed by atoms with Crippen LogP contribution in [0.2, 0.25) is 0 Å². The fourth-order valence-corrected chi connectivity index (χ4v) is 4.19. The second kappa shape index (κ2) is 4.13. The van der Waals surface area contributed by atoms with Crippen molar-refractivity contribution in [1.29, 1.82) is 0 Å². The molecule has 2 aliphatic heterocycles. The van der Waals surface area contributed by atoms with Crippen LogP contribution in [0.25, 0.3) is 0 Å². The minimum Gasteiger partial charge on any atom is -0.441 e. The number of hydrogen-bond donors (Lipinski definition) is 1. The van der Waals surface area contributed by atoms with Gasteiger partial charge < -0.3 is 15.4 Å². The third kappa shape index (κ3) is 2.55. The summed E-state index contributed by atoms with van der Waals surface area (Å²) < 4.78 is 28.1. The van der Waals surface area contributed by atoms with Gasteiger partial charge in [0.25, 0.3) is 0 Å². The number of nitrogens with two attached hydrogens (primary N) is 1. The fraction of sp³-hybridized carbons (Fsp3) is 0.900. The summed E-state index contributed by atoms with van der Waals surface area (Å²) in [5, 5.41) is 0. The Morgan fingerprint density at radius 2 is 2.29 bits per heavy atom. The van der Waals surface area contributed by atoms with Crippen LogP contribution < -0.4 is 5.73 Å². The first-order chi connectivity index (χ1) is 7.85. The number of carbonyl (C=O) groups excluding carboxylic acids is 1. The molecule has 2 rings (SSSR count). The van der Waals surface area contributed by atoms with Crippen molar-refractivity contribution in [3.05, 3.63) is 0 Å². The van der Waals surface area contributed by atoms with Gasteiger partial charge in [0.05, 0.1) is 24.1 Å². The van der Waals surface area contributed by atoms with Crippen molar-refractivity contribution in [3.63, 3.8) is 0 Å². The van der Waals surface area contributed by atoms with Crippen LogP contribution in [0.5, 0.6) is 0 Å². The van der Waals surface area contributed by atoms with Crippen LogP contribution in [-0.4, -0.2) is 55.6 Å². The summed E-state index contributed by atoms with van der Waals surface area (Å²) in [4.78, 5) is 13.3. The van der Waals surface area contributed by atoms with E-state index in [1.165, 1.54) is 0 Å². The second-order valence-corrected chi connectivity index (χ2v) is 7.27. The van der Waals surface area contributed by atoms with Gasteiger partial charge in [-0.3, -0.25) is 0 Å². The van der Waals surface area contributed by atoms with Crippen molar-refractivity contribution in [2.24, 2.45) is 5.73 Å². The third-order valence-corrected chi connectivity index (χ3v) is 5.15. The van der Waals surface area contributed by atoms with Crippen LogP contribution in [0.15, 0.2) is 0 Å². The molecular formula is C10H18N2O4S. The summed E-state index contributed by atoms with van der Waals surface area (Å²) in [6.45, 7) is 2.71. The maximum absolute atomic E-state index is 11.7. The van der Waals surface area contributed by atoms with Gasteiger partial charge in [-0.05, 0) is 19.9 Å². The minimum atomic E-state index is -2.98. The molecule has 7 heteroatoms. The van der Waals surface area contributed by atoms with E-state index in [4.69, 9.17) is 10.5 Å². The van der Waals surface area contributed by atoms with Gasteiger partial charge >= 0.3 is 6.09 Å². The van der Waals surface area contributed by atoms with Gasteiger partial charge in [-0.15, -0.1) is 0 Å². The Morgan fingerprint density at radius 3 is 2.82 bits per heavy atom. The van der Waals surface area contributed by atoms with E-state index in [-0.39, 0.29) is 17.5 Å². The van der Waals surface area contributed by atoms with Crippen molar-refractivity contribution >= 4 is 15.9 Å². The van der Waals surface area contributed by atoms with Gasteiger partial charge in [0.2, 0.25) is 0 Å². The number of cyclic esters (lactones) is 1. The van der Waals surface area contributed by atoms with E-state index in [9.17, 15) is 13.2 Å². The molecule has 0 radical (unpaired) electrons. The van der Waals surface area contributed by atoms with Gasteiger partial charge in [0.1, 0.15) is 5.60 Å². The first kappa shape index (κ1) is 12.6. The van der Waals surface area contributed by atoms with E-state index in [1.54, 1.807) is 4.90 Å². The maximum atomic E-state index is 11.7. The molecule has 2 aliphatic rings. The number of sulfone groups is 1.